The number of hydrogen-bond donors (Lipinski definition) is 1. The van der Waals surface area contributed by atoms with Crippen LogP contribution in [0.5, 0.6) is 5.75 Å². The highest BCUT2D eigenvalue weighted by molar-refractivity contribution is 5.76. The molecule has 1 amide bonds. The Bertz CT molecular complexity index is 445. The van der Waals surface area contributed by atoms with E-state index in [2.05, 4.69) is 10.2 Å². The standard InChI is InChI=1S/C16H24N2O3/c1-20-15-5-3-2-4-14(15)6-8-17-16(19)7-9-18-10-12-21-13-11-18/h2-5H,6-13H2,1H3,(H,17,19). The van der Waals surface area contributed by atoms with E-state index < -0.39 is 0 Å². The summed E-state index contributed by atoms with van der Waals surface area (Å²) in [6.07, 6.45) is 1.33. The van der Waals surface area contributed by atoms with E-state index in [1.165, 1.54) is 0 Å². The van der Waals surface area contributed by atoms with Crippen LogP contribution < -0.4 is 10.1 Å². The van der Waals surface area contributed by atoms with Gasteiger partial charge >= 0.3 is 0 Å². The number of benzene rings is 1. The molecule has 1 saturated heterocycles. The van der Waals surface area contributed by atoms with Gasteiger partial charge < -0.3 is 14.8 Å². The SMILES string of the molecule is COc1ccccc1CCNC(=O)CCN1CCOCC1. The molecule has 0 spiro atoms. The predicted molar refractivity (Wildman–Crippen MR) is 81.6 cm³/mol. The van der Waals surface area contributed by atoms with Crippen LogP contribution in [0.2, 0.25) is 0 Å². The summed E-state index contributed by atoms with van der Waals surface area (Å²) in [5.74, 6) is 0.983. The lowest BCUT2D eigenvalue weighted by atomic mass is 10.1. The van der Waals surface area contributed by atoms with Crippen LogP contribution in [0.1, 0.15) is 12.0 Å². The fraction of sp³-hybridized carbons (Fsp3) is 0.562. The molecule has 0 aromatic heterocycles. The van der Waals surface area contributed by atoms with Crippen molar-refractivity contribution in [3.05, 3.63) is 29.8 Å². The molecule has 2 rings (SSSR count). The number of nitrogens with zero attached hydrogens (tertiary/aromatic N) is 1. The van der Waals surface area contributed by atoms with E-state index >= 15 is 0 Å². The smallest absolute Gasteiger partial charge is 0.221 e. The first-order valence-electron chi connectivity index (χ1n) is 7.48. The molecular weight excluding hydrogens is 268 g/mol. The minimum Gasteiger partial charge on any atom is -0.496 e. The molecule has 1 N–H and O–H groups in total. The molecule has 1 aromatic rings. The quantitative estimate of drug-likeness (QED) is 0.817. The molecule has 21 heavy (non-hydrogen) atoms. The van der Waals surface area contributed by atoms with Gasteiger partial charge in [0.2, 0.25) is 5.91 Å². The van der Waals surface area contributed by atoms with E-state index in [-0.39, 0.29) is 5.91 Å². The van der Waals surface area contributed by atoms with Gasteiger partial charge in [0.15, 0.2) is 0 Å². The van der Waals surface area contributed by atoms with Crippen LogP contribution in [0.25, 0.3) is 0 Å². The summed E-state index contributed by atoms with van der Waals surface area (Å²) < 4.78 is 10.6. The van der Waals surface area contributed by atoms with Crippen molar-refractivity contribution in [1.29, 1.82) is 0 Å². The van der Waals surface area contributed by atoms with Crippen LogP contribution in [0.3, 0.4) is 0 Å². The second kappa shape index (κ2) is 8.64. The Labute approximate surface area is 126 Å². The molecular formula is C16H24N2O3. The molecule has 1 aliphatic heterocycles. The number of morpholine rings is 1. The molecule has 0 radical (unpaired) electrons. The van der Waals surface area contributed by atoms with Crippen LogP contribution in [-0.2, 0) is 16.0 Å². The second-order valence-electron chi connectivity index (χ2n) is 5.12. The minimum atomic E-state index is 0.108. The van der Waals surface area contributed by atoms with Gasteiger partial charge in [-0.25, -0.2) is 0 Å². The zero-order valence-corrected chi connectivity index (χ0v) is 12.6. The Morgan fingerprint density at radius 3 is 2.86 bits per heavy atom. The number of hydrogen-bond acceptors (Lipinski definition) is 4. The highest BCUT2D eigenvalue weighted by Gasteiger charge is 2.11. The van der Waals surface area contributed by atoms with Gasteiger partial charge in [-0.1, -0.05) is 18.2 Å². The Balaban J connectivity index is 1.64. The molecule has 0 aliphatic carbocycles. The monoisotopic (exact) mass is 292 g/mol. The van der Waals surface area contributed by atoms with E-state index in [0.717, 1.165) is 50.6 Å². The third kappa shape index (κ3) is 5.36. The summed E-state index contributed by atoms with van der Waals surface area (Å²) in [5.41, 5.74) is 1.12. The summed E-state index contributed by atoms with van der Waals surface area (Å²) in [4.78, 5) is 14.1. The zero-order chi connectivity index (χ0) is 14.9. The number of carbonyl (C=O) groups is 1. The lowest BCUT2D eigenvalue weighted by Gasteiger charge is -2.26. The first-order valence-corrected chi connectivity index (χ1v) is 7.48. The molecule has 0 bridgehead atoms. The van der Waals surface area contributed by atoms with Gasteiger partial charge in [-0.15, -0.1) is 0 Å². The fourth-order valence-corrected chi connectivity index (χ4v) is 2.42. The summed E-state index contributed by atoms with van der Waals surface area (Å²) >= 11 is 0. The molecule has 1 fully saturated rings. The van der Waals surface area contributed by atoms with E-state index in [1.54, 1.807) is 7.11 Å². The van der Waals surface area contributed by atoms with E-state index in [1.807, 2.05) is 24.3 Å². The third-order valence-corrected chi connectivity index (χ3v) is 3.67. The summed E-state index contributed by atoms with van der Waals surface area (Å²) in [7, 11) is 1.67. The molecule has 0 saturated carbocycles. The lowest BCUT2D eigenvalue weighted by Crippen LogP contribution is -2.39. The highest BCUT2D eigenvalue weighted by Crippen LogP contribution is 2.17. The number of amides is 1. The largest absolute Gasteiger partial charge is 0.496 e. The number of rotatable bonds is 7. The van der Waals surface area contributed by atoms with Crippen LogP contribution in [-0.4, -0.2) is 57.3 Å². The maximum absolute atomic E-state index is 11.8. The first-order chi connectivity index (χ1) is 10.3. The van der Waals surface area contributed by atoms with Gasteiger partial charge in [0.25, 0.3) is 0 Å². The minimum absolute atomic E-state index is 0.108. The van der Waals surface area contributed by atoms with Crippen LogP contribution in [0, 0.1) is 0 Å². The molecule has 0 unspecified atom stereocenters. The third-order valence-electron chi connectivity index (χ3n) is 3.67. The van der Waals surface area contributed by atoms with Gasteiger partial charge in [0, 0.05) is 32.6 Å². The molecule has 0 atom stereocenters. The van der Waals surface area contributed by atoms with Crippen LogP contribution >= 0.6 is 0 Å². The lowest BCUT2D eigenvalue weighted by molar-refractivity contribution is -0.121. The molecule has 1 aliphatic rings. The van der Waals surface area contributed by atoms with Crippen molar-refractivity contribution in [2.24, 2.45) is 0 Å². The highest BCUT2D eigenvalue weighted by atomic mass is 16.5. The van der Waals surface area contributed by atoms with Crippen molar-refractivity contribution >= 4 is 5.91 Å². The number of para-hydroxylation sites is 1. The first kappa shape index (κ1) is 15.8. The van der Waals surface area contributed by atoms with Crippen molar-refractivity contribution in [3.8, 4) is 5.75 Å². The molecule has 116 valence electrons. The summed E-state index contributed by atoms with van der Waals surface area (Å²) in [5, 5.41) is 2.97. The van der Waals surface area contributed by atoms with E-state index in [0.29, 0.717) is 13.0 Å². The Kier molecular flexibility index (Phi) is 6.50. The molecule has 1 heterocycles. The molecule has 5 nitrogen and oxygen atoms in total. The number of nitrogens with one attached hydrogen (secondary N) is 1. The number of carbonyl (C=O) groups excluding carboxylic acids is 1. The van der Waals surface area contributed by atoms with Gasteiger partial charge in [-0.2, -0.15) is 0 Å². The van der Waals surface area contributed by atoms with Crippen molar-refractivity contribution in [2.75, 3.05) is 46.5 Å². The zero-order valence-electron chi connectivity index (χ0n) is 12.6. The predicted octanol–water partition coefficient (Wildman–Crippen LogP) is 1.08. The average Bonchev–Trinajstić information content (AvgIpc) is 2.54. The fourth-order valence-electron chi connectivity index (χ4n) is 2.42. The van der Waals surface area contributed by atoms with Crippen molar-refractivity contribution < 1.29 is 14.3 Å². The van der Waals surface area contributed by atoms with Crippen molar-refractivity contribution in [3.63, 3.8) is 0 Å². The normalized spacial score (nSPS) is 15.7. The Morgan fingerprint density at radius 1 is 1.33 bits per heavy atom. The maximum atomic E-state index is 11.8. The molecule has 1 aromatic carbocycles. The summed E-state index contributed by atoms with van der Waals surface area (Å²) in [6.45, 7) is 4.85. The molecule has 5 heteroatoms. The van der Waals surface area contributed by atoms with Gasteiger partial charge in [-0.3, -0.25) is 9.69 Å². The average molecular weight is 292 g/mol. The van der Waals surface area contributed by atoms with Crippen molar-refractivity contribution in [1.82, 2.24) is 10.2 Å². The Morgan fingerprint density at radius 2 is 2.10 bits per heavy atom. The summed E-state index contributed by atoms with van der Waals surface area (Å²) in [6, 6.07) is 7.90. The number of ether oxygens (including phenoxy) is 2. The van der Waals surface area contributed by atoms with Gasteiger partial charge in [0.1, 0.15) is 5.75 Å². The van der Waals surface area contributed by atoms with Crippen LogP contribution in [0.15, 0.2) is 24.3 Å². The van der Waals surface area contributed by atoms with Crippen LogP contribution in [0.4, 0.5) is 0 Å². The second-order valence-corrected chi connectivity index (χ2v) is 5.12. The van der Waals surface area contributed by atoms with Gasteiger partial charge in [-0.05, 0) is 18.1 Å². The number of methoxy groups -OCH3 is 1. The maximum Gasteiger partial charge on any atom is 0.221 e. The Hall–Kier alpha value is -1.59. The van der Waals surface area contributed by atoms with E-state index in [4.69, 9.17) is 9.47 Å². The van der Waals surface area contributed by atoms with E-state index in [9.17, 15) is 4.79 Å². The topological polar surface area (TPSA) is 50.8 Å². The van der Waals surface area contributed by atoms with Gasteiger partial charge in [0.05, 0.1) is 20.3 Å². The van der Waals surface area contributed by atoms with Crippen molar-refractivity contribution in [2.45, 2.75) is 12.8 Å².